The zero-order valence-electron chi connectivity index (χ0n) is 5.31. The van der Waals surface area contributed by atoms with Crippen molar-refractivity contribution in [1.82, 2.24) is 5.32 Å². The van der Waals surface area contributed by atoms with Crippen molar-refractivity contribution in [1.29, 1.82) is 0 Å². The van der Waals surface area contributed by atoms with Crippen molar-refractivity contribution in [3.63, 3.8) is 0 Å². The maximum absolute atomic E-state index is 10.4. The number of halogens is 1. The lowest BCUT2D eigenvalue weighted by atomic mass is 10.4. The first-order valence-electron chi connectivity index (χ1n) is 2.48. The van der Waals surface area contributed by atoms with E-state index in [1.807, 2.05) is 0 Å². The third kappa shape index (κ3) is 3.19. The molecule has 2 amide bonds. The Morgan fingerprint density at radius 1 is 1.40 bits per heavy atom. The van der Waals surface area contributed by atoms with Crippen LogP contribution in [0.2, 0.25) is 0 Å². The molecule has 4 nitrogen and oxygen atoms in total. The number of hydrogen-bond acceptors (Lipinski definition) is 3. The van der Waals surface area contributed by atoms with Crippen molar-refractivity contribution in [3.8, 4) is 0 Å². The highest BCUT2D eigenvalue weighted by molar-refractivity contribution is 6.39. The molecular weight excluding hydrogens is 158 g/mol. The summed E-state index contributed by atoms with van der Waals surface area (Å²) in [6.07, 6.45) is 0. The summed E-state index contributed by atoms with van der Waals surface area (Å²) in [6, 6.07) is 0. The molecule has 10 heavy (non-hydrogen) atoms. The largest absolute Gasteiger partial charge is 0.293 e. The second-order valence-corrected chi connectivity index (χ2v) is 1.83. The van der Waals surface area contributed by atoms with Gasteiger partial charge in [-0.1, -0.05) is 0 Å². The fourth-order valence-electron chi connectivity index (χ4n) is 0.248. The van der Waals surface area contributed by atoms with Crippen LogP contribution < -0.4 is 5.32 Å². The first-order valence-corrected chi connectivity index (χ1v) is 3.02. The highest BCUT2D eigenvalue weighted by Gasteiger charge is 2.09. The number of nitrogens with one attached hydrogen (secondary N) is 1. The number of alkyl halides is 1. The lowest BCUT2D eigenvalue weighted by Crippen LogP contribution is -2.35. The Morgan fingerprint density at radius 3 is 2.20 bits per heavy atom. The van der Waals surface area contributed by atoms with Crippen molar-refractivity contribution in [2.75, 3.05) is 5.88 Å². The molecule has 0 aliphatic heterocycles. The molecule has 0 atom stereocenters. The van der Waals surface area contributed by atoms with E-state index in [1.165, 1.54) is 0 Å². The summed E-state index contributed by atoms with van der Waals surface area (Å²) >= 11 is 5.03. The topological polar surface area (TPSA) is 63.2 Å². The van der Waals surface area contributed by atoms with Crippen molar-refractivity contribution in [3.05, 3.63) is 0 Å². The predicted octanol–water partition coefficient (Wildman–Crippen LogP) is -0.543. The molecule has 0 rings (SSSR count). The smallest absolute Gasteiger partial charge is 0.289 e. The van der Waals surface area contributed by atoms with Gasteiger partial charge in [0.05, 0.1) is 0 Å². The first-order chi connectivity index (χ1) is 4.57. The predicted molar refractivity (Wildman–Crippen MR) is 34.6 cm³/mol. The minimum absolute atomic E-state index is 0.320. The zero-order chi connectivity index (χ0) is 8.15. The molecule has 0 radical (unpaired) electrons. The number of hydrogen-bond donors (Lipinski definition) is 1. The standard InChI is InChI=1S/C5H6ClNO3/c1-3(8)5(10)7-4(9)2-6/h2H2,1H3,(H,7,9,10). The van der Waals surface area contributed by atoms with E-state index in [9.17, 15) is 14.4 Å². The number of carbonyl (C=O) groups excluding carboxylic acids is 3. The summed E-state index contributed by atoms with van der Waals surface area (Å²) in [5.74, 6) is -2.62. The van der Waals surface area contributed by atoms with Crippen LogP contribution in [0.5, 0.6) is 0 Å². The summed E-state index contributed by atoms with van der Waals surface area (Å²) in [7, 11) is 0. The molecule has 0 bridgehead atoms. The summed E-state index contributed by atoms with van der Waals surface area (Å²) in [6.45, 7) is 1.07. The van der Waals surface area contributed by atoms with Crippen LogP contribution in [0.4, 0.5) is 0 Å². The second-order valence-electron chi connectivity index (χ2n) is 1.57. The zero-order valence-corrected chi connectivity index (χ0v) is 6.07. The minimum atomic E-state index is -0.925. The van der Waals surface area contributed by atoms with E-state index in [2.05, 4.69) is 0 Å². The highest BCUT2D eigenvalue weighted by Crippen LogP contribution is 1.75. The Labute approximate surface area is 62.5 Å². The number of Topliss-reactive ketones (excluding diaryl/α,β-unsaturated/α-hetero) is 1. The maximum Gasteiger partial charge on any atom is 0.293 e. The van der Waals surface area contributed by atoms with E-state index in [-0.39, 0.29) is 5.88 Å². The van der Waals surface area contributed by atoms with Gasteiger partial charge in [-0.3, -0.25) is 19.7 Å². The average Bonchev–Trinajstić information content (AvgIpc) is 1.87. The Bertz CT molecular complexity index is 178. The summed E-state index contributed by atoms with van der Waals surface area (Å²) in [5.41, 5.74) is 0. The number of imide groups is 1. The molecule has 5 heteroatoms. The molecule has 56 valence electrons. The van der Waals surface area contributed by atoms with Crippen LogP contribution in [-0.2, 0) is 14.4 Å². The SMILES string of the molecule is CC(=O)C(=O)NC(=O)CCl. The van der Waals surface area contributed by atoms with Gasteiger partial charge in [0.2, 0.25) is 11.7 Å². The van der Waals surface area contributed by atoms with Crippen molar-refractivity contribution < 1.29 is 14.4 Å². The molecule has 0 unspecified atom stereocenters. The number of carbonyl (C=O) groups is 3. The van der Waals surface area contributed by atoms with Gasteiger partial charge in [0.1, 0.15) is 5.88 Å². The Morgan fingerprint density at radius 2 is 1.90 bits per heavy atom. The third-order valence-electron chi connectivity index (χ3n) is 0.694. The van der Waals surface area contributed by atoms with Crippen molar-refractivity contribution >= 4 is 29.2 Å². The van der Waals surface area contributed by atoms with Gasteiger partial charge in [0, 0.05) is 6.92 Å². The van der Waals surface area contributed by atoms with Gasteiger partial charge in [0.25, 0.3) is 5.91 Å². The molecule has 0 aromatic carbocycles. The molecule has 0 aliphatic rings. The lowest BCUT2D eigenvalue weighted by molar-refractivity contribution is -0.139. The average molecular weight is 164 g/mol. The molecular formula is C5H6ClNO3. The third-order valence-corrected chi connectivity index (χ3v) is 0.937. The van der Waals surface area contributed by atoms with Gasteiger partial charge < -0.3 is 0 Å². The van der Waals surface area contributed by atoms with Gasteiger partial charge >= 0.3 is 0 Å². The summed E-state index contributed by atoms with van der Waals surface area (Å²) in [5, 5.41) is 1.77. The molecule has 0 aromatic rings. The van der Waals surface area contributed by atoms with Gasteiger partial charge in [-0.15, -0.1) is 11.6 Å². The molecule has 0 aromatic heterocycles. The molecule has 1 N–H and O–H groups in total. The van der Waals surface area contributed by atoms with E-state index < -0.39 is 17.6 Å². The van der Waals surface area contributed by atoms with Crippen LogP contribution in [0.3, 0.4) is 0 Å². The second kappa shape index (κ2) is 4.00. The fraction of sp³-hybridized carbons (Fsp3) is 0.400. The van der Waals surface area contributed by atoms with Crippen LogP contribution in [0.25, 0.3) is 0 Å². The monoisotopic (exact) mass is 163 g/mol. The van der Waals surface area contributed by atoms with E-state index in [0.29, 0.717) is 0 Å². The van der Waals surface area contributed by atoms with Gasteiger partial charge in [-0.25, -0.2) is 0 Å². The van der Waals surface area contributed by atoms with Gasteiger partial charge in [-0.2, -0.15) is 0 Å². The number of amides is 2. The highest BCUT2D eigenvalue weighted by atomic mass is 35.5. The van der Waals surface area contributed by atoms with E-state index in [0.717, 1.165) is 6.92 Å². The molecule has 0 aliphatic carbocycles. The molecule has 0 spiro atoms. The maximum atomic E-state index is 10.4. The molecule has 0 fully saturated rings. The Hall–Kier alpha value is -0.900. The number of ketones is 1. The van der Waals surface area contributed by atoms with Gasteiger partial charge in [0.15, 0.2) is 0 Å². The normalized spacial score (nSPS) is 8.60. The summed E-state index contributed by atoms with van der Waals surface area (Å²) < 4.78 is 0. The Balaban J connectivity index is 3.80. The fourth-order valence-corrected chi connectivity index (χ4v) is 0.315. The van der Waals surface area contributed by atoms with Crippen LogP contribution in [-0.4, -0.2) is 23.5 Å². The number of rotatable bonds is 2. The van der Waals surface area contributed by atoms with Crippen molar-refractivity contribution in [2.45, 2.75) is 6.92 Å². The first kappa shape index (κ1) is 9.10. The summed E-state index contributed by atoms with van der Waals surface area (Å²) in [4.78, 5) is 30.9. The minimum Gasteiger partial charge on any atom is -0.289 e. The van der Waals surface area contributed by atoms with Crippen LogP contribution in [0.1, 0.15) is 6.92 Å². The quantitative estimate of drug-likeness (QED) is 0.439. The Kier molecular flexibility index (Phi) is 3.64. The van der Waals surface area contributed by atoms with E-state index in [4.69, 9.17) is 11.6 Å². The van der Waals surface area contributed by atoms with Crippen LogP contribution in [0, 0.1) is 0 Å². The molecule has 0 saturated carbocycles. The van der Waals surface area contributed by atoms with E-state index >= 15 is 0 Å². The van der Waals surface area contributed by atoms with Crippen molar-refractivity contribution in [2.24, 2.45) is 0 Å². The van der Waals surface area contributed by atoms with Crippen LogP contribution >= 0.6 is 11.6 Å². The van der Waals surface area contributed by atoms with E-state index in [1.54, 1.807) is 5.32 Å². The van der Waals surface area contributed by atoms with Gasteiger partial charge in [-0.05, 0) is 0 Å². The van der Waals surface area contributed by atoms with Crippen LogP contribution in [0.15, 0.2) is 0 Å². The molecule has 0 heterocycles. The lowest BCUT2D eigenvalue weighted by Gasteiger charge is -1.94. The molecule has 0 saturated heterocycles.